The van der Waals surface area contributed by atoms with Crippen LogP contribution in [-0.2, 0) is 20.7 Å². The van der Waals surface area contributed by atoms with Gasteiger partial charge in [-0.2, -0.15) is 39.5 Å². The van der Waals surface area contributed by atoms with Crippen molar-refractivity contribution in [2.45, 2.75) is 77.2 Å². The third-order valence-electron chi connectivity index (χ3n) is 8.28. The Bertz CT molecular complexity index is 1740. The molecular formula is C32H27F9N2O2. The van der Waals surface area contributed by atoms with E-state index < -0.39 is 57.9 Å². The first-order chi connectivity index (χ1) is 20.6. The highest BCUT2D eigenvalue weighted by Gasteiger charge is 2.60. The first-order valence-electron chi connectivity index (χ1n) is 13.7. The van der Waals surface area contributed by atoms with Crippen LogP contribution in [0.4, 0.5) is 50.9 Å². The molecule has 3 aromatic rings. The van der Waals surface area contributed by atoms with Crippen molar-refractivity contribution in [3.8, 4) is 0 Å². The number of nitrogens with zero attached hydrogens (tertiary/aromatic N) is 2. The molecule has 2 heterocycles. The number of halogens is 9. The number of ether oxygens (including phenoxy) is 2. The van der Waals surface area contributed by atoms with Crippen molar-refractivity contribution >= 4 is 23.2 Å². The molecule has 5 rings (SSSR count). The lowest BCUT2D eigenvalue weighted by atomic mass is 9.79. The Morgan fingerprint density at radius 1 is 0.622 bits per heavy atom. The minimum atomic E-state index is -5.14. The van der Waals surface area contributed by atoms with Crippen molar-refractivity contribution in [2.75, 3.05) is 0 Å². The minimum absolute atomic E-state index is 0.0642. The Hall–Kier alpha value is -4.03. The SMILES string of the molecule is CC1=Nc2cc(C)c(C(c3cc4c(cc3C)N=C(c3ccc(C)cc3)OC4(C)C(F)(F)F)C(F)(F)F)cc2C(C)(C(F)(F)F)O1. The summed E-state index contributed by atoms with van der Waals surface area (Å²) in [5.41, 5.74) is -8.19. The van der Waals surface area contributed by atoms with Gasteiger partial charge in [0.2, 0.25) is 17.1 Å². The van der Waals surface area contributed by atoms with Gasteiger partial charge in [-0.25, -0.2) is 9.98 Å². The Labute approximate surface area is 252 Å². The molecule has 4 nitrogen and oxygen atoms in total. The highest BCUT2D eigenvalue weighted by atomic mass is 19.4. The van der Waals surface area contributed by atoms with E-state index in [1.165, 1.54) is 32.9 Å². The Morgan fingerprint density at radius 2 is 1.07 bits per heavy atom. The summed E-state index contributed by atoms with van der Waals surface area (Å²) in [7, 11) is 0. The van der Waals surface area contributed by atoms with Crippen LogP contribution < -0.4 is 0 Å². The van der Waals surface area contributed by atoms with Crippen LogP contribution in [0.25, 0.3) is 0 Å². The molecule has 2 aliphatic heterocycles. The molecule has 0 saturated carbocycles. The van der Waals surface area contributed by atoms with E-state index in [4.69, 9.17) is 9.47 Å². The lowest BCUT2D eigenvalue weighted by molar-refractivity contribution is -0.253. The highest BCUT2D eigenvalue weighted by Crippen LogP contribution is 2.54. The van der Waals surface area contributed by atoms with E-state index in [9.17, 15) is 39.5 Å². The summed E-state index contributed by atoms with van der Waals surface area (Å²) in [6, 6.07) is 9.99. The van der Waals surface area contributed by atoms with E-state index in [0.717, 1.165) is 29.8 Å². The maximum atomic E-state index is 15.0. The number of hydrogen-bond acceptors (Lipinski definition) is 4. The van der Waals surface area contributed by atoms with E-state index in [-0.39, 0.29) is 39.9 Å². The van der Waals surface area contributed by atoms with Crippen LogP contribution in [0.3, 0.4) is 0 Å². The zero-order chi connectivity index (χ0) is 33.5. The molecule has 13 heteroatoms. The molecule has 3 atom stereocenters. The van der Waals surface area contributed by atoms with E-state index in [0.29, 0.717) is 13.8 Å². The summed E-state index contributed by atoms with van der Waals surface area (Å²) in [4.78, 5) is 8.20. The number of fused-ring (bicyclic) bond motifs is 2. The molecule has 240 valence electrons. The maximum absolute atomic E-state index is 15.0. The van der Waals surface area contributed by atoms with Gasteiger partial charge in [0.25, 0.3) is 0 Å². The van der Waals surface area contributed by atoms with Crippen molar-refractivity contribution in [2.24, 2.45) is 9.98 Å². The van der Waals surface area contributed by atoms with Gasteiger partial charge in [-0.1, -0.05) is 17.7 Å². The molecule has 0 radical (unpaired) electrons. The van der Waals surface area contributed by atoms with Crippen LogP contribution in [-0.4, -0.2) is 30.3 Å². The van der Waals surface area contributed by atoms with Gasteiger partial charge in [0.1, 0.15) is 5.92 Å². The molecule has 45 heavy (non-hydrogen) atoms. The average molecular weight is 643 g/mol. The first kappa shape index (κ1) is 32.4. The molecule has 0 aromatic heterocycles. The van der Waals surface area contributed by atoms with Crippen molar-refractivity contribution in [3.63, 3.8) is 0 Å². The number of benzene rings is 3. The molecule has 0 bridgehead atoms. The van der Waals surface area contributed by atoms with Gasteiger partial charge >= 0.3 is 18.5 Å². The third kappa shape index (κ3) is 5.33. The number of aryl methyl sites for hydroxylation is 3. The zero-order valence-electron chi connectivity index (χ0n) is 24.8. The molecule has 0 saturated heterocycles. The molecule has 0 aliphatic carbocycles. The average Bonchev–Trinajstić information content (AvgIpc) is 2.88. The molecule has 0 amide bonds. The van der Waals surface area contributed by atoms with Gasteiger partial charge in [-0.15, -0.1) is 0 Å². The molecular weight excluding hydrogens is 615 g/mol. The van der Waals surface area contributed by atoms with Crippen molar-refractivity contribution in [3.05, 3.63) is 93.0 Å². The van der Waals surface area contributed by atoms with E-state index in [2.05, 4.69) is 9.98 Å². The Morgan fingerprint density at radius 3 is 1.51 bits per heavy atom. The summed E-state index contributed by atoms with van der Waals surface area (Å²) in [6.45, 7) is 6.91. The topological polar surface area (TPSA) is 43.2 Å². The van der Waals surface area contributed by atoms with Gasteiger partial charge in [0.05, 0.1) is 11.4 Å². The normalized spacial score (nSPS) is 22.4. The fraction of sp³-hybridized carbons (Fsp3) is 0.375. The number of aliphatic imine (C=N–C) groups is 2. The molecule has 0 N–H and O–H groups in total. The first-order valence-corrected chi connectivity index (χ1v) is 13.7. The Balaban J connectivity index is 1.76. The summed E-state index contributed by atoms with van der Waals surface area (Å²) < 4.78 is 142. The van der Waals surface area contributed by atoms with E-state index >= 15 is 0 Å². The van der Waals surface area contributed by atoms with Crippen molar-refractivity contribution in [1.82, 2.24) is 0 Å². The summed E-state index contributed by atoms with van der Waals surface area (Å²) in [5, 5.41) is 0. The Kier molecular flexibility index (Phi) is 7.37. The highest BCUT2D eigenvalue weighted by molar-refractivity contribution is 5.97. The van der Waals surface area contributed by atoms with Crippen LogP contribution in [0, 0.1) is 20.8 Å². The summed E-state index contributed by atoms with van der Waals surface area (Å²) in [5.74, 6) is -3.31. The number of rotatable bonds is 3. The molecule has 0 spiro atoms. The second-order valence-electron chi connectivity index (χ2n) is 11.6. The maximum Gasteiger partial charge on any atom is 0.432 e. The molecule has 2 aliphatic rings. The quantitative estimate of drug-likeness (QED) is 0.267. The number of alkyl halides is 9. The van der Waals surface area contributed by atoms with Gasteiger partial charge in [-0.05, 0) is 93.3 Å². The lowest BCUT2D eigenvalue weighted by Crippen LogP contribution is -2.45. The van der Waals surface area contributed by atoms with Gasteiger partial charge in [0, 0.05) is 23.6 Å². The zero-order valence-corrected chi connectivity index (χ0v) is 24.8. The smallest absolute Gasteiger partial charge is 0.432 e. The van der Waals surface area contributed by atoms with Crippen LogP contribution in [0.5, 0.6) is 0 Å². The fourth-order valence-corrected chi connectivity index (χ4v) is 5.67. The van der Waals surface area contributed by atoms with Gasteiger partial charge in [-0.3, -0.25) is 0 Å². The minimum Gasteiger partial charge on any atom is -0.460 e. The molecule has 0 fully saturated rings. The standard InChI is InChI=1S/C32H27F9N2O2/c1-15-7-9-19(10-8-15)27-43-25-12-17(3)21(14-23(25)29(6,45-27)32(39,40)41)26(30(33,34)35)20-13-22-24(11-16(20)2)42-18(4)44-28(22,5)31(36,37)38/h7-14,26H,1-6H3. The fourth-order valence-electron chi connectivity index (χ4n) is 5.67. The summed E-state index contributed by atoms with van der Waals surface area (Å²) >= 11 is 0. The second kappa shape index (κ2) is 10.2. The predicted octanol–water partition coefficient (Wildman–Crippen LogP) is 10.0. The largest absolute Gasteiger partial charge is 0.460 e. The van der Waals surface area contributed by atoms with Crippen molar-refractivity contribution in [1.29, 1.82) is 0 Å². The van der Waals surface area contributed by atoms with Gasteiger partial charge in [0.15, 0.2) is 5.90 Å². The summed E-state index contributed by atoms with van der Waals surface area (Å²) in [6.07, 6.45) is -15.3. The van der Waals surface area contributed by atoms with Crippen LogP contribution >= 0.6 is 0 Å². The molecule has 3 aromatic carbocycles. The predicted molar refractivity (Wildman–Crippen MR) is 149 cm³/mol. The van der Waals surface area contributed by atoms with Crippen LogP contribution in [0.15, 0.2) is 58.5 Å². The van der Waals surface area contributed by atoms with Crippen LogP contribution in [0.2, 0.25) is 0 Å². The van der Waals surface area contributed by atoms with Crippen LogP contribution in [0.1, 0.15) is 71.2 Å². The van der Waals surface area contributed by atoms with Crippen molar-refractivity contribution < 1.29 is 49.0 Å². The number of hydrogen-bond donors (Lipinski definition) is 0. The van der Waals surface area contributed by atoms with E-state index in [1.807, 2.05) is 0 Å². The lowest BCUT2D eigenvalue weighted by Gasteiger charge is -2.38. The van der Waals surface area contributed by atoms with Gasteiger partial charge < -0.3 is 9.47 Å². The molecule has 3 unspecified atom stereocenters. The second-order valence-corrected chi connectivity index (χ2v) is 11.6. The van der Waals surface area contributed by atoms with E-state index in [1.54, 1.807) is 19.1 Å². The monoisotopic (exact) mass is 642 g/mol. The third-order valence-corrected chi connectivity index (χ3v) is 8.28.